The van der Waals surface area contributed by atoms with Gasteiger partial charge in [0.05, 0.1) is 12.3 Å². The summed E-state index contributed by atoms with van der Waals surface area (Å²) in [5.41, 5.74) is 1.23. The van der Waals surface area contributed by atoms with Crippen LogP contribution in [0, 0.1) is 0 Å². The van der Waals surface area contributed by atoms with Crippen molar-refractivity contribution in [2.75, 3.05) is 36.2 Å². The first-order valence-electron chi connectivity index (χ1n) is 7.29. The summed E-state index contributed by atoms with van der Waals surface area (Å²) in [4.78, 5) is 38.0. The van der Waals surface area contributed by atoms with E-state index in [4.69, 9.17) is 14.2 Å². The molecule has 1 aromatic rings. The van der Waals surface area contributed by atoms with Gasteiger partial charge in [0.1, 0.15) is 25.0 Å². The van der Waals surface area contributed by atoms with E-state index in [1.165, 1.54) is 4.90 Å². The van der Waals surface area contributed by atoms with Gasteiger partial charge in [-0.25, -0.2) is 4.79 Å². The van der Waals surface area contributed by atoms with Gasteiger partial charge in [0.15, 0.2) is 12.4 Å². The van der Waals surface area contributed by atoms with E-state index in [2.05, 4.69) is 0 Å². The van der Waals surface area contributed by atoms with Gasteiger partial charge in [-0.05, 0) is 12.1 Å². The standard InChI is InChI=1S/C15H14N2O6/c18-6-13-11-7-22-12-5-9(16-3-4-21-8-14(16)19)1-2-10(12)17(11)15(20)23-13/h1-2,5-6,11,13H,3-4,7-8H2/t11-,13?/m0/s1. The first-order chi connectivity index (χ1) is 11.2. The van der Waals surface area contributed by atoms with Crippen LogP contribution in [0.5, 0.6) is 5.75 Å². The molecule has 0 bridgehead atoms. The third-order valence-corrected chi connectivity index (χ3v) is 4.19. The molecule has 0 aromatic heterocycles. The molecule has 23 heavy (non-hydrogen) atoms. The Morgan fingerprint density at radius 3 is 2.91 bits per heavy atom. The van der Waals surface area contributed by atoms with Crippen LogP contribution in [0.1, 0.15) is 0 Å². The SMILES string of the molecule is O=CC1OC(=O)N2c3ccc(N4CCOCC4=O)cc3OC[C@@H]12. The average molecular weight is 318 g/mol. The van der Waals surface area contributed by atoms with Gasteiger partial charge in [0, 0.05) is 18.3 Å². The molecule has 4 rings (SSSR count). The zero-order valence-corrected chi connectivity index (χ0v) is 12.1. The minimum absolute atomic E-state index is 0.0550. The third-order valence-electron chi connectivity index (χ3n) is 4.19. The Morgan fingerprint density at radius 1 is 1.26 bits per heavy atom. The van der Waals surface area contributed by atoms with E-state index >= 15 is 0 Å². The van der Waals surface area contributed by atoms with E-state index in [9.17, 15) is 14.4 Å². The lowest BCUT2D eigenvalue weighted by Crippen LogP contribution is -2.45. The molecule has 0 N–H and O–H groups in total. The Kier molecular flexibility index (Phi) is 3.19. The number of cyclic esters (lactones) is 1. The number of hydrogen-bond acceptors (Lipinski definition) is 6. The Labute approximate surface area is 131 Å². The summed E-state index contributed by atoms with van der Waals surface area (Å²) in [7, 11) is 0. The van der Waals surface area contributed by atoms with E-state index in [0.717, 1.165) is 0 Å². The van der Waals surface area contributed by atoms with Crippen LogP contribution in [0.2, 0.25) is 0 Å². The molecule has 1 unspecified atom stereocenters. The van der Waals surface area contributed by atoms with Crippen molar-refractivity contribution in [2.45, 2.75) is 12.1 Å². The molecular weight excluding hydrogens is 304 g/mol. The summed E-state index contributed by atoms with van der Waals surface area (Å²) in [6.45, 7) is 1.17. The monoisotopic (exact) mass is 318 g/mol. The van der Waals surface area contributed by atoms with E-state index < -0.39 is 18.2 Å². The summed E-state index contributed by atoms with van der Waals surface area (Å²) in [5, 5.41) is 0. The number of hydrogen-bond donors (Lipinski definition) is 0. The van der Waals surface area contributed by atoms with Crippen molar-refractivity contribution >= 4 is 29.7 Å². The highest BCUT2D eigenvalue weighted by Crippen LogP contribution is 2.40. The predicted molar refractivity (Wildman–Crippen MR) is 77.7 cm³/mol. The van der Waals surface area contributed by atoms with Gasteiger partial charge >= 0.3 is 6.09 Å². The minimum Gasteiger partial charge on any atom is -0.489 e. The average Bonchev–Trinajstić information content (AvgIpc) is 2.91. The zero-order valence-electron chi connectivity index (χ0n) is 12.1. The summed E-state index contributed by atoms with van der Waals surface area (Å²) in [5.74, 6) is 0.369. The summed E-state index contributed by atoms with van der Waals surface area (Å²) < 4.78 is 15.8. The molecule has 120 valence electrons. The van der Waals surface area contributed by atoms with Crippen molar-refractivity contribution < 1.29 is 28.6 Å². The van der Waals surface area contributed by atoms with Crippen molar-refractivity contribution in [3.8, 4) is 5.75 Å². The number of ether oxygens (including phenoxy) is 3. The molecular formula is C15H14N2O6. The zero-order chi connectivity index (χ0) is 16.0. The van der Waals surface area contributed by atoms with Crippen LogP contribution < -0.4 is 14.5 Å². The van der Waals surface area contributed by atoms with Gasteiger partial charge in [-0.15, -0.1) is 0 Å². The smallest absolute Gasteiger partial charge is 0.415 e. The first kappa shape index (κ1) is 14.0. The summed E-state index contributed by atoms with van der Waals surface area (Å²) in [6.07, 6.45) is -0.777. The van der Waals surface area contributed by atoms with Crippen LogP contribution in [0.15, 0.2) is 18.2 Å². The van der Waals surface area contributed by atoms with Crippen molar-refractivity contribution in [3.05, 3.63) is 18.2 Å². The summed E-state index contributed by atoms with van der Waals surface area (Å²) in [6, 6.07) is 4.71. The Morgan fingerprint density at radius 2 is 2.13 bits per heavy atom. The quantitative estimate of drug-likeness (QED) is 0.731. The molecule has 2 atom stereocenters. The highest BCUT2D eigenvalue weighted by atomic mass is 16.6. The molecule has 8 nitrogen and oxygen atoms in total. The van der Waals surface area contributed by atoms with Crippen LogP contribution in [0.4, 0.5) is 16.2 Å². The number of anilines is 2. The largest absolute Gasteiger partial charge is 0.489 e. The normalized spacial score (nSPS) is 26.3. The maximum absolute atomic E-state index is 12.0. The number of nitrogens with zero attached hydrogens (tertiary/aromatic N) is 2. The maximum atomic E-state index is 12.0. The predicted octanol–water partition coefficient (Wildman–Crippen LogP) is 0.335. The fraction of sp³-hybridized carbons (Fsp3) is 0.400. The lowest BCUT2D eigenvalue weighted by Gasteiger charge is -2.32. The second-order valence-electron chi connectivity index (χ2n) is 5.48. The fourth-order valence-electron chi connectivity index (χ4n) is 3.05. The number of aldehydes is 1. The second-order valence-corrected chi connectivity index (χ2v) is 5.48. The molecule has 0 saturated carbocycles. The van der Waals surface area contributed by atoms with Crippen molar-refractivity contribution in [3.63, 3.8) is 0 Å². The van der Waals surface area contributed by atoms with Crippen LogP contribution in [-0.4, -0.2) is 56.8 Å². The van der Waals surface area contributed by atoms with Crippen LogP contribution in [-0.2, 0) is 19.1 Å². The van der Waals surface area contributed by atoms with E-state index in [1.54, 1.807) is 23.1 Å². The van der Waals surface area contributed by atoms with Gasteiger partial charge in [0.25, 0.3) is 5.91 Å². The number of carbonyl (C=O) groups is 3. The maximum Gasteiger partial charge on any atom is 0.415 e. The number of benzene rings is 1. The minimum atomic E-state index is -0.823. The lowest BCUT2D eigenvalue weighted by atomic mass is 10.1. The highest BCUT2D eigenvalue weighted by molar-refractivity contribution is 5.98. The molecule has 1 aromatic carbocycles. The molecule has 3 aliphatic heterocycles. The molecule has 2 fully saturated rings. The molecule has 0 spiro atoms. The fourth-order valence-corrected chi connectivity index (χ4v) is 3.05. The van der Waals surface area contributed by atoms with Crippen LogP contribution in [0.25, 0.3) is 0 Å². The van der Waals surface area contributed by atoms with E-state index in [-0.39, 0.29) is 19.1 Å². The molecule has 3 heterocycles. The number of carbonyl (C=O) groups excluding carboxylic acids is 3. The van der Waals surface area contributed by atoms with Crippen molar-refractivity contribution in [1.82, 2.24) is 0 Å². The van der Waals surface area contributed by atoms with E-state index in [1.807, 2.05) is 0 Å². The number of morpholine rings is 1. The number of fused-ring (bicyclic) bond motifs is 3. The molecule has 0 aliphatic carbocycles. The summed E-state index contributed by atoms with van der Waals surface area (Å²) >= 11 is 0. The molecule has 2 amide bonds. The van der Waals surface area contributed by atoms with Gasteiger partial charge in [-0.3, -0.25) is 14.5 Å². The highest BCUT2D eigenvalue weighted by Gasteiger charge is 2.46. The van der Waals surface area contributed by atoms with Crippen molar-refractivity contribution in [1.29, 1.82) is 0 Å². The number of amides is 2. The Hall–Kier alpha value is -2.61. The number of rotatable bonds is 2. The van der Waals surface area contributed by atoms with Gasteiger partial charge in [-0.2, -0.15) is 0 Å². The van der Waals surface area contributed by atoms with Gasteiger partial charge in [-0.1, -0.05) is 0 Å². The second kappa shape index (κ2) is 5.24. The Balaban J connectivity index is 1.67. The molecule has 3 aliphatic rings. The lowest BCUT2D eigenvalue weighted by molar-refractivity contribution is -0.125. The van der Waals surface area contributed by atoms with Crippen molar-refractivity contribution in [2.24, 2.45) is 0 Å². The van der Waals surface area contributed by atoms with Gasteiger partial charge in [0.2, 0.25) is 0 Å². The molecule has 0 radical (unpaired) electrons. The van der Waals surface area contributed by atoms with Gasteiger partial charge < -0.3 is 19.1 Å². The third kappa shape index (κ3) is 2.14. The van der Waals surface area contributed by atoms with E-state index in [0.29, 0.717) is 36.6 Å². The molecule has 2 saturated heterocycles. The van der Waals surface area contributed by atoms with Crippen LogP contribution >= 0.6 is 0 Å². The first-order valence-corrected chi connectivity index (χ1v) is 7.29. The Bertz CT molecular complexity index is 691. The topological polar surface area (TPSA) is 85.4 Å². The molecule has 8 heteroatoms. The van der Waals surface area contributed by atoms with Crippen LogP contribution in [0.3, 0.4) is 0 Å².